The molecule has 0 aliphatic heterocycles. The van der Waals surface area contributed by atoms with Gasteiger partial charge in [-0.05, 0) is 0 Å². The molecule has 0 aromatic rings. The largest absolute Gasteiger partial charge is 2.00 e. The van der Waals surface area contributed by atoms with Gasteiger partial charge in [0.25, 0.3) is 0 Å². The Morgan fingerprint density at radius 2 is 1.36 bits per heavy atom. The molecular weight excluding hydrogens is 296 g/mol. The van der Waals surface area contributed by atoms with Gasteiger partial charge in [-0.2, -0.15) is 6.42 Å². The molecule has 60 valence electrons. The normalized spacial score (nSPS) is 6.00. The third-order valence-corrected chi connectivity index (χ3v) is 0.894. The number of unbranched alkanes of at least 4 members (excludes halogenated alkanes) is 3. The van der Waals surface area contributed by atoms with Crippen molar-refractivity contribution in [3.63, 3.8) is 0 Å². The second-order valence-electron chi connectivity index (χ2n) is 1.62. The molecule has 0 amide bonds. The van der Waals surface area contributed by atoms with Gasteiger partial charge in [-0.15, -0.1) is 6.61 Å². The number of rotatable bonds is 4. The molecule has 0 heterocycles. The Bertz CT molecular complexity index is 37.8. The van der Waals surface area contributed by atoms with E-state index in [1.54, 1.807) is 0 Å². The molecule has 0 spiro atoms. The van der Waals surface area contributed by atoms with Crippen molar-refractivity contribution < 1.29 is 39.1 Å². The van der Waals surface area contributed by atoms with Crippen molar-refractivity contribution >= 4 is 46.1 Å². The van der Waals surface area contributed by atoms with Crippen LogP contribution in [0.4, 0.5) is 0 Å². The summed E-state index contributed by atoms with van der Waals surface area (Å²) in [6.45, 7) is 3.74. The van der Waals surface area contributed by atoms with Gasteiger partial charge in [0.1, 0.15) is 0 Å². The van der Waals surface area contributed by atoms with Crippen molar-refractivity contribution in [2.75, 3.05) is 6.61 Å². The smallest absolute Gasteiger partial charge is 1.00 e. The van der Waals surface area contributed by atoms with E-state index in [4.69, 9.17) is 0 Å². The second-order valence-corrected chi connectivity index (χ2v) is 1.62. The third-order valence-electron chi connectivity index (χ3n) is 0.894. The van der Waals surface area contributed by atoms with Gasteiger partial charge in [-0.3, -0.25) is 0 Å². The minimum Gasteiger partial charge on any atom is -1.00 e. The molecule has 0 saturated carbocycles. The fourth-order valence-electron chi connectivity index (χ4n) is 0.456. The fourth-order valence-corrected chi connectivity index (χ4v) is 0.456. The predicted octanol–water partition coefficient (Wildman–Crippen LogP) is -6.01. The summed E-state index contributed by atoms with van der Waals surface area (Å²) in [5.41, 5.74) is 0. The molecule has 0 atom stereocenters. The molecule has 0 bridgehead atoms. The summed E-state index contributed by atoms with van der Waals surface area (Å²) in [7, 11) is 0. The Balaban J connectivity index is -0.0000000300. The van der Waals surface area contributed by atoms with Crippen LogP contribution in [0, 0.1) is 6.92 Å². The summed E-state index contributed by atoms with van der Waals surface area (Å²) in [5, 5.41) is 9.78. The topological polar surface area (TPSA) is 23.1 Å². The molecule has 0 aromatic heterocycles. The molecular formula is C6H12Br2Mg2O. The van der Waals surface area contributed by atoms with E-state index < -0.39 is 0 Å². The van der Waals surface area contributed by atoms with Crippen LogP contribution in [0.5, 0.6) is 0 Å². The van der Waals surface area contributed by atoms with E-state index in [2.05, 4.69) is 6.92 Å². The van der Waals surface area contributed by atoms with Crippen LogP contribution in [-0.4, -0.2) is 52.7 Å². The average Bonchev–Trinajstić information content (AvgIpc) is 1.69. The Kier molecular flexibility index (Phi) is 78.1. The fraction of sp³-hybridized carbons (Fsp3) is 0.833. The Hall–Kier alpha value is 2.45. The van der Waals surface area contributed by atoms with Crippen molar-refractivity contribution in [2.24, 2.45) is 0 Å². The molecule has 0 fully saturated rings. The second kappa shape index (κ2) is 29.4. The van der Waals surface area contributed by atoms with Crippen LogP contribution in [0.25, 0.3) is 0 Å². The third kappa shape index (κ3) is 32.7. The monoisotopic (exact) mass is 306 g/mol. The van der Waals surface area contributed by atoms with Gasteiger partial charge in [0, 0.05) is 0 Å². The summed E-state index contributed by atoms with van der Waals surface area (Å²) in [4.78, 5) is 0. The van der Waals surface area contributed by atoms with Crippen molar-refractivity contribution in [1.82, 2.24) is 0 Å². The van der Waals surface area contributed by atoms with Gasteiger partial charge < -0.3 is 46.0 Å². The summed E-state index contributed by atoms with van der Waals surface area (Å²) in [6, 6.07) is 0. The maximum atomic E-state index is 9.78. The van der Waals surface area contributed by atoms with Crippen molar-refractivity contribution in [1.29, 1.82) is 0 Å². The van der Waals surface area contributed by atoms with E-state index in [0.29, 0.717) is 0 Å². The van der Waals surface area contributed by atoms with E-state index in [1.165, 1.54) is 0 Å². The number of halogens is 2. The van der Waals surface area contributed by atoms with Gasteiger partial charge in [0.05, 0.1) is 0 Å². The van der Waals surface area contributed by atoms with E-state index in [-0.39, 0.29) is 86.7 Å². The molecule has 0 saturated heterocycles. The molecule has 0 aromatic carbocycles. The zero-order valence-electron chi connectivity index (χ0n) is 6.82. The maximum Gasteiger partial charge on any atom is 2.00 e. The molecule has 0 aliphatic carbocycles. The standard InChI is InChI=1S/C6H12O.2BrH.2Mg/c1-2-3-4-5-6-7;;;;/h1-6H2;2*1H;;/q-2;;;2*+2/p-2. The van der Waals surface area contributed by atoms with Crippen LogP contribution in [0.15, 0.2) is 0 Å². The van der Waals surface area contributed by atoms with Crippen LogP contribution in [-0.2, 0) is 0 Å². The van der Waals surface area contributed by atoms with Gasteiger partial charge >= 0.3 is 46.1 Å². The van der Waals surface area contributed by atoms with Crippen LogP contribution < -0.4 is 39.1 Å². The number of hydrogen-bond donors (Lipinski definition) is 0. The zero-order chi connectivity index (χ0) is 5.54. The molecule has 0 unspecified atom stereocenters. The quantitative estimate of drug-likeness (QED) is 0.288. The maximum absolute atomic E-state index is 9.78. The summed E-state index contributed by atoms with van der Waals surface area (Å²) in [5.74, 6) is 0. The minimum atomic E-state index is 0. The Labute approximate surface area is 123 Å². The summed E-state index contributed by atoms with van der Waals surface area (Å²) in [6.07, 6.45) is 3.98. The van der Waals surface area contributed by atoms with Crippen LogP contribution in [0.2, 0.25) is 0 Å². The van der Waals surface area contributed by atoms with Gasteiger partial charge in [0.2, 0.25) is 0 Å². The first kappa shape index (κ1) is 29.2. The molecule has 0 N–H and O–H groups in total. The van der Waals surface area contributed by atoms with Gasteiger partial charge in [-0.25, -0.2) is 0 Å². The molecule has 5 heteroatoms. The SMILES string of the molecule is [Br-].[Br-].[CH2-]CCCCC[O-].[Mg+2].[Mg+2]. The first-order chi connectivity index (χ1) is 3.41. The minimum absolute atomic E-state index is 0. The van der Waals surface area contributed by atoms with Crippen LogP contribution in [0.1, 0.15) is 25.7 Å². The number of hydrogen-bond acceptors (Lipinski definition) is 1. The summed E-state index contributed by atoms with van der Waals surface area (Å²) < 4.78 is 0. The molecule has 1 nitrogen and oxygen atoms in total. The molecule has 0 aliphatic rings. The van der Waals surface area contributed by atoms with E-state index in [9.17, 15) is 5.11 Å². The first-order valence-corrected chi connectivity index (χ1v) is 2.79. The summed E-state index contributed by atoms with van der Waals surface area (Å²) >= 11 is 0. The van der Waals surface area contributed by atoms with Gasteiger partial charge in [0.15, 0.2) is 0 Å². The molecule has 0 radical (unpaired) electrons. The van der Waals surface area contributed by atoms with E-state index >= 15 is 0 Å². The van der Waals surface area contributed by atoms with Crippen LogP contribution >= 0.6 is 0 Å². The average molecular weight is 309 g/mol. The van der Waals surface area contributed by atoms with Crippen molar-refractivity contribution in [2.45, 2.75) is 25.7 Å². The van der Waals surface area contributed by atoms with Crippen molar-refractivity contribution in [3.05, 3.63) is 6.92 Å². The Morgan fingerprint density at radius 3 is 1.64 bits per heavy atom. The van der Waals surface area contributed by atoms with E-state index in [0.717, 1.165) is 25.7 Å². The molecule has 0 rings (SSSR count). The predicted molar refractivity (Wildman–Crippen MR) is 40.2 cm³/mol. The van der Waals surface area contributed by atoms with Crippen LogP contribution in [0.3, 0.4) is 0 Å². The zero-order valence-corrected chi connectivity index (χ0v) is 12.8. The van der Waals surface area contributed by atoms with Crippen molar-refractivity contribution in [3.8, 4) is 0 Å². The van der Waals surface area contributed by atoms with E-state index in [1.807, 2.05) is 0 Å². The van der Waals surface area contributed by atoms with Gasteiger partial charge in [-0.1, -0.05) is 19.3 Å². The Morgan fingerprint density at radius 1 is 0.909 bits per heavy atom. The first-order valence-electron chi connectivity index (χ1n) is 2.79. The molecule has 11 heavy (non-hydrogen) atoms.